The van der Waals surface area contributed by atoms with Crippen LogP contribution in [0.3, 0.4) is 0 Å². The lowest BCUT2D eigenvalue weighted by atomic mass is 9.96. The number of nitro groups is 1. The molecule has 2 heterocycles. The second kappa shape index (κ2) is 6.94. The van der Waals surface area contributed by atoms with E-state index in [-0.39, 0.29) is 16.7 Å². The van der Waals surface area contributed by atoms with Gasteiger partial charge in [-0.2, -0.15) is 0 Å². The molecule has 3 aromatic rings. The number of nitro benzene ring substituents is 1. The van der Waals surface area contributed by atoms with Crippen LogP contribution in [0.2, 0.25) is 0 Å². The zero-order valence-corrected chi connectivity index (χ0v) is 15.1. The van der Waals surface area contributed by atoms with Crippen molar-refractivity contribution in [3.63, 3.8) is 0 Å². The maximum atomic E-state index is 12.5. The predicted octanol–water partition coefficient (Wildman–Crippen LogP) is 3.12. The summed E-state index contributed by atoms with van der Waals surface area (Å²) < 4.78 is 1.51. The molecule has 1 aromatic carbocycles. The van der Waals surface area contributed by atoms with Gasteiger partial charge in [0.05, 0.1) is 29.3 Å². The van der Waals surface area contributed by atoms with Crippen molar-refractivity contribution in [1.82, 2.24) is 19.5 Å². The van der Waals surface area contributed by atoms with Crippen LogP contribution >= 0.6 is 0 Å². The molecule has 0 spiro atoms. The van der Waals surface area contributed by atoms with Gasteiger partial charge in [-0.05, 0) is 12.1 Å². The van der Waals surface area contributed by atoms with Crippen molar-refractivity contribution in [3.8, 4) is 5.69 Å². The van der Waals surface area contributed by atoms with E-state index < -0.39 is 10.8 Å². The smallest absolute Gasteiger partial charge is 0.294 e. The van der Waals surface area contributed by atoms with Crippen LogP contribution in [0.25, 0.3) is 5.69 Å². The standard InChI is InChI=1S/C18H18N6O3/c1-18(2,3)17-20-9-13(10-21-17)22-16(25)12-4-5-14(15(8-12)24(26)27)23-7-6-19-11-23/h4-11H,1-3H3,(H,22,25). The summed E-state index contributed by atoms with van der Waals surface area (Å²) in [5.41, 5.74) is 0.499. The van der Waals surface area contributed by atoms with E-state index in [2.05, 4.69) is 20.3 Å². The fourth-order valence-electron chi connectivity index (χ4n) is 2.41. The third-order valence-corrected chi connectivity index (χ3v) is 3.80. The molecule has 1 N–H and O–H groups in total. The van der Waals surface area contributed by atoms with Crippen LogP contribution in [0.15, 0.2) is 49.3 Å². The SMILES string of the molecule is CC(C)(C)c1ncc(NC(=O)c2ccc(-n3ccnc3)c([N+](=O)[O-])c2)cn1. The molecule has 0 unspecified atom stereocenters. The second-order valence-electron chi connectivity index (χ2n) is 6.93. The van der Waals surface area contributed by atoms with Gasteiger partial charge in [-0.3, -0.25) is 14.9 Å². The Kier molecular flexibility index (Phi) is 4.68. The Morgan fingerprint density at radius 2 is 1.93 bits per heavy atom. The highest BCUT2D eigenvalue weighted by Gasteiger charge is 2.20. The lowest BCUT2D eigenvalue weighted by Gasteiger charge is -2.16. The molecule has 1 amide bonds. The summed E-state index contributed by atoms with van der Waals surface area (Å²) >= 11 is 0. The summed E-state index contributed by atoms with van der Waals surface area (Å²) in [6.45, 7) is 5.96. The van der Waals surface area contributed by atoms with E-state index in [1.807, 2.05) is 20.8 Å². The number of aromatic nitrogens is 4. The van der Waals surface area contributed by atoms with Crippen molar-refractivity contribution in [1.29, 1.82) is 0 Å². The van der Waals surface area contributed by atoms with Gasteiger partial charge in [0.2, 0.25) is 0 Å². The number of nitrogens with zero attached hydrogens (tertiary/aromatic N) is 5. The van der Waals surface area contributed by atoms with Crippen LogP contribution < -0.4 is 5.32 Å². The molecular formula is C18H18N6O3. The maximum absolute atomic E-state index is 12.5. The lowest BCUT2D eigenvalue weighted by Crippen LogP contribution is -2.17. The number of hydrogen-bond acceptors (Lipinski definition) is 6. The molecular weight excluding hydrogens is 348 g/mol. The second-order valence-corrected chi connectivity index (χ2v) is 6.93. The number of nitrogens with one attached hydrogen (secondary N) is 1. The molecule has 138 valence electrons. The fraction of sp³-hybridized carbons (Fsp3) is 0.222. The van der Waals surface area contributed by atoms with E-state index in [1.165, 1.54) is 47.7 Å². The number of carbonyl (C=O) groups is 1. The van der Waals surface area contributed by atoms with Crippen LogP contribution in [0.5, 0.6) is 0 Å². The van der Waals surface area contributed by atoms with Crippen molar-refractivity contribution >= 4 is 17.3 Å². The minimum Gasteiger partial charge on any atom is -0.319 e. The van der Waals surface area contributed by atoms with Crippen molar-refractivity contribution < 1.29 is 9.72 Å². The monoisotopic (exact) mass is 366 g/mol. The number of anilines is 1. The van der Waals surface area contributed by atoms with Gasteiger partial charge in [-0.15, -0.1) is 0 Å². The van der Waals surface area contributed by atoms with Crippen LogP contribution in [0.4, 0.5) is 11.4 Å². The lowest BCUT2D eigenvalue weighted by molar-refractivity contribution is -0.384. The van der Waals surface area contributed by atoms with Crippen LogP contribution in [-0.4, -0.2) is 30.3 Å². The summed E-state index contributed by atoms with van der Waals surface area (Å²) in [5.74, 6) is 0.170. The first kappa shape index (κ1) is 18.2. The number of benzene rings is 1. The Bertz CT molecular complexity index is 975. The minimum absolute atomic E-state index is 0.158. The molecule has 9 heteroatoms. The van der Waals surface area contributed by atoms with Gasteiger partial charge in [0.1, 0.15) is 11.5 Å². The first-order valence-corrected chi connectivity index (χ1v) is 8.16. The third kappa shape index (κ3) is 3.97. The molecule has 0 fully saturated rings. The molecule has 2 aromatic heterocycles. The number of rotatable bonds is 4. The molecule has 27 heavy (non-hydrogen) atoms. The number of hydrogen-bond donors (Lipinski definition) is 1. The molecule has 0 atom stereocenters. The summed E-state index contributed by atoms with van der Waals surface area (Å²) in [7, 11) is 0. The van der Waals surface area contributed by atoms with Gasteiger partial charge in [-0.25, -0.2) is 15.0 Å². The molecule has 0 aliphatic rings. The average molecular weight is 366 g/mol. The van der Waals surface area contributed by atoms with Gasteiger partial charge in [-0.1, -0.05) is 20.8 Å². The zero-order valence-electron chi connectivity index (χ0n) is 15.1. The molecule has 0 saturated carbocycles. The highest BCUT2D eigenvalue weighted by molar-refractivity contribution is 6.04. The first-order chi connectivity index (χ1) is 12.8. The van der Waals surface area contributed by atoms with E-state index in [9.17, 15) is 14.9 Å². The van der Waals surface area contributed by atoms with E-state index in [0.29, 0.717) is 17.2 Å². The third-order valence-electron chi connectivity index (χ3n) is 3.80. The normalized spacial score (nSPS) is 11.2. The Morgan fingerprint density at radius 1 is 1.22 bits per heavy atom. The van der Waals surface area contributed by atoms with E-state index in [0.717, 1.165) is 0 Å². The fourth-order valence-corrected chi connectivity index (χ4v) is 2.41. The van der Waals surface area contributed by atoms with Crippen molar-refractivity contribution in [3.05, 3.63) is 70.8 Å². The molecule has 0 aliphatic heterocycles. The van der Waals surface area contributed by atoms with Crippen LogP contribution in [0.1, 0.15) is 37.0 Å². The van der Waals surface area contributed by atoms with Crippen LogP contribution in [0, 0.1) is 10.1 Å². The number of amides is 1. The highest BCUT2D eigenvalue weighted by atomic mass is 16.6. The summed E-state index contributed by atoms with van der Waals surface area (Å²) in [6, 6.07) is 4.25. The highest BCUT2D eigenvalue weighted by Crippen LogP contribution is 2.25. The van der Waals surface area contributed by atoms with Gasteiger partial charge in [0.25, 0.3) is 11.6 Å². The van der Waals surface area contributed by atoms with E-state index in [4.69, 9.17) is 0 Å². The molecule has 9 nitrogen and oxygen atoms in total. The van der Waals surface area contributed by atoms with E-state index in [1.54, 1.807) is 6.20 Å². The predicted molar refractivity (Wildman–Crippen MR) is 98.9 cm³/mol. The topological polar surface area (TPSA) is 116 Å². The molecule has 0 saturated heterocycles. The Labute approximate surface area is 155 Å². The molecule has 0 aliphatic carbocycles. The summed E-state index contributed by atoms with van der Waals surface area (Å²) in [6.07, 6.45) is 7.59. The van der Waals surface area contributed by atoms with E-state index >= 15 is 0 Å². The van der Waals surface area contributed by atoms with Gasteiger partial charge >= 0.3 is 0 Å². The Balaban J connectivity index is 1.85. The van der Waals surface area contributed by atoms with Crippen molar-refractivity contribution in [2.45, 2.75) is 26.2 Å². The summed E-state index contributed by atoms with van der Waals surface area (Å²) in [4.78, 5) is 35.7. The van der Waals surface area contributed by atoms with Crippen molar-refractivity contribution in [2.75, 3.05) is 5.32 Å². The first-order valence-electron chi connectivity index (χ1n) is 8.16. The van der Waals surface area contributed by atoms with Gasteiger partial charge in [0, 0.05) is 29.4 Å². The van der Waals surface area contributed by atoms with Crippen molar-refractivity contribution in [2.24, 2.45) is 0 Å². The van der Waals surface area contributed by atoms with Gasteiger partial charge < -0.3 is 9.88 Å². The minimum atomic E-state index is -0.534. The Hall–Kier alpha value is -3.62. The molecule has 3 rings (SSSR count). The maximum Gasteiger partial charge on any atom is 0.294 e. The Morgan fingerprint density at radius 3 is 2.48 bits per heavy atom. The average Bonchev–Trinajstić information content (AvgIpc) is 3.15. The zero-order chi connectivity index (χ0) is 19.6. The quantitative estimate of drug-likeness (QED) is 0.560. The number of carbonyl (C=O) groups excluding carboxylic acids is 1. The largest absolute Gasteiger partial charge is 0.319 e. The summed E-state index contributed by atoms with van der Waals surface area (Å²) in [5, 5.41) is 14.1. The number of imidazole rings is 1. The molecule has 0 bridgehead atoms. The van der Waals surface area contributed by atoms with Crippen LogP contribution in [-0.2, 0) is 5.41 Å². The van der Waals surface area contributed by atoms with Gasteiger partial charge in [0.15, 0.2) is 0 Å². The molecule has 0 radical (unpaired) electrons.